The van der Waals surface area contributed by atoms with Crippen molar-refractivity contribution < 1.29 is 19.0 Å². The zero-order valence-electron chi connectivity index (χ0n) is 11.6. The summed E-state index contributed by atoms with van der Waals surface area (Å²) in [6, 6.07) is 0.324. The highest BCUT2D eigenvalue weighted by Gasteiger charge is 2.28. The Morgan fingerprint density at radius 2 is 1.95 bits per heavy atom. The van der Waals surface area contributed by atoms with E-state index in [1.54, 1.807) is 7.05 Å². The number of ether oxygens (including phenoxy) is 3. The van der Waals surface area contributed by atoms with Crippen LogP contribution in [0.5, 0.6) is 12.0 Å². The predicted octanol–water partition coefficient (Wildman–Crippen LogP) is -1.16. The summed E-state index contributed by atoms with van der Waals surface area (Å²) in [6.07, 6.45) is -0.553. The minimum atomic E-state index is -0.553. The van der Waals surface area contributed by atoms with Crippen molar-refractivity contribution in [1.82, 2.24) is 20.3 Å². The van der Waals surface area contributed by atoms with Crippen LogP contribution in [0.2, 0.25) is 0 Å². The number of aromatic nitrogens is 3. The van der Waals surface area contributed by atoms with Gasteiger partial charge in [-0.25, -0.2) is 0 Å². The molecule has 1 fully saturated rings. The third-order valence-corrected chi connectivity index (χ3v) is 2.84. The second-order valence-electron chi connectivity index (χ2n) is 4.03. The van der Waals surface area contributed by atoms with Gasteiger partial charge in [0.05, 0.1) is 27.4 Å². The minimum Gasteiger partial charge on any atom is -0.467 e. The number of hydrogen-bond donors (Lipinski definition) is 1. The van der Waals surface area contributed by atoms with Gasteiger partial charge in [0.1, 0.15) is 0 Å². The van der Waals surface area contributed by atoms with Crippen molar-refractivity contribution in [1.29, 1.82) is 0 Å². The first-order valence-corrected chi connectivity index (χ1v) is 6.10. The van der Waals surface area contributed by atoms with Crippen LogP contribution in [0.4, 0.5) is 5.95 Å². The SMILES string of the molecule is CNC(=O)C1CN(c2nc(OC)nc(OC)n2)CCO1. The topological polar surface area (TPSA) is 98.7 Å². The van der Waals surface area contributed by atoms with E-state index in [2.05, 4.69) is 20.3 Å². The number of carbonyl (C=O) groups is 1. The number of nitrogens with one attached hydrogen (secondary N) is 1. The van der Waals surface area contributed by atoms with Gasteiger partial charge in [0.15, 0.2) is 6.10 Å². The monoisotopic (exact) mass is 283 g/mol. The highest BCUT2D eigenvalue weighted by Crippen LogP contribution is 2.18. The van der Waals surface area contributed by atoms with Crippen LogP contribution in [-0.4, -0.2) is 67.9 Å². The maximum Gasteiger partial charge on any atom is 0.324 e. The van der Waals surface area contributed by atoms with Crippen LogP contribution in [0.3, 0.4) is 0 Å². The van der Waals surface area contributed by atoms with Crippen LogP contribution in [0.25, 0.3) is 0 Å². The molecule has 1 unspecified atom stereocenters. The molecular weight excluding hydrogens is 266 g/mol. The van der Waals surface area contributed by atoms with Gasteiger partial charge in [0.25, 0.3) is 5.91 Å². The molecule has 1 aliphatic rings. The van der Waals surface area contributed by atoms with Crippen molar-refractivity contribution in [2.75, 3.05) is 45.9 Å². The number of anilines is 1. The standard InChI is InChI=1S/C11H17N5O4/c1-12-8(17)7-6-16(4-5-20-7)9-13-10(18-2)15-11(14-9)19-3/h7H,4-6H2,1-3H3,(H,12,17). The highest BCUT2D eigenvalue weighted by molar-refractivity contribution is 5.81. The number of likely N-dealkylation sites (N-methyl/N-ethyl adjacent to an activating group) is 1. The maximum atomic E-state index is 11.6. The average Bonchev–Trinajstić information content (AvgIpc) is 2.53. The zero-order valence-corrected chi connectivity index (χ0v) is 11.6. The van der Waals surface area contributed by atoms with Crippen LogP contribution in [0.1, 0.15) is 0 Å². The Morgan fingerprint density at radius 1 is 1.30 bits per heavy atom. The van der Waals surface area contributed by atoms with Gasteiger partial charge in [-0.3, -0.25) is 4.79 Å². The summed E-state index contributed by atoms with van der Waals surface area (Å²) in [5.74, 6) is 0.216. The van der Waals surface area contributed by atoms with E-state index in [1.807, 2.05) is 4.90 Å². The number of nitrogens with zero attached hydrogens (tertiary/aromatic N) is 4. The fraction of sp³-hybridized carbons (Fsp3) is 0.636. The number of rotatable bonds is 4. The van der Waals surface area contributed by atoms with E-state index in [-0.39, 0.29) is 17.9 Å². The molecule has 9 nitrogen and oxygen atoms in total. The van der Waals surface area contributed by atoms with Crippen LogP contribution in [0.15, 0.2) is 0 Å². The van der Waals surface area contributed by atoms with Crippen molar-refractivity contribution >= 4 is 11.9 Å². The van der Waals surface area contributed by atoms with Gasteiger partial charge in [-0.2, -0.15) is 9.97 Å². The van der Waals surface area contributed by atoms with E-state index in [9.17, 15) is 4.79 Å². The van der Waals surface area contributed by atoms with Gasteiger partial charge in [-0.1, -0.05) is 0 Å². The van der Waals surface area contributed by atoms with E-state index in [0.29, 0.717) is 25.6 Å². The second-order valence-corrected chi connectivity index (χ2v) is 4.03. The van der Waals surface area contributed by atoms with Crippen LogP contribution >= 0.6 is 0 Å². The highest BCUT2D eigenvalue weighted by atomic mass is 16.5. The van der Waals surface area contributed by atoms with Crippen LogP contribution in [-0.2, 0) is 9.53 Å². The molecule has 0 bridgehead atoms. The van der Waals surface area contributed by atoms with E-state index in [0.717, 1.165) is 0 Å². The third-order valence-electron chi connectivity index (χ3n) is 2.84. The zero-order chi connectivity index (χ0) is 14.5. The molecule has 110 valence electrons. The summed E-state index contributed by atoms with van der Waals surface area (Å²) in [7, 11) is 4.50. The third kappa shape index (κ3) is 3.05. The fourth-order valence-electron chi connectivity index (χ4n) is 1.80. The molecule has 1 N–H and O–H groups in total. The molecule has 20 heavy (non-hydrogen) atoms. The molecule has 2 rings (SSSR count). The lowest BCUT2D eigenvalue weighted by atomic mass is 10.2. The summed E-state index contributed by atoms with van der Waals surface area (Å²) in [6.45, 7) is 1.34. The molecule has 1 aromatic heterocycles. The number of amides is 1. The number of morpholine rings is 1. The molecule has 1 saturated heterocycles. The Bertz CT molecular complexity index is 462. The largest absolute Gasteiger partial charge is 0.467 e. The molecule has 1 atom stereocenters. The lowest BCUT2D eigenvalue weighted by Crippen LogP contribution is -2.49. The average molecular weight is 283 g/mol. The fourth-order valence-corrected chi connectivity index (χ4v) is 1.80. The van der Waals surface area contributed by atoms with E-state index in [4.69, 9.17) is 14.2 Å². The smallest absolute Gasteiger partial charge is 0.324 e. The van der Waals surface area contributed by atoms with E-state index >= 15 is 0 Å². The van der Waals surface area contributed by atoms with Crippen LogP contribution in [0, 0.1) is 0 Å². The molecular formula is C11H17N5O4. The van der Waals surface area contributed by atoms with Crippen molar-refractivity contribution in [2.45, 2.75) is 6.10 Å². The van der Waals surface area contributed by atoms with Crippen molar-refractivity contribution in [3.63, 3.8) is 0 Å². The number of hydrogen-bond acceptors (Lipinski definition) is 8. The molecule has 0 aromatic carbocycles. The van der Waals surface area contributed by atoms with Gasteiger partial charge >= 0.3 is 12.0 Å². The summed E-state index contributed by atoms with van der Waals surface area (Å²) < 4.78 is 15.4. The molecule has 1 aromatic rings. The Hall–Kier alpha value is -2.16. The van der Waals surface area contributed by atoms with Crippen LogP contribution < -0.4 is 19.7 Å². The Morgan fingerprint density at radius 3 is 2.50 bits per heavy atom. The van der Waals surface area contributed by atoms with Crippen molar-refractivity contribution in [3.05, 3.63) is 0 Å². The molecule has 9 heteroatoms. The molecule has 1 amide bonds. The normalized spacial score (nSPS) is 18.6. The predicted molar refractivity (Wildman–Crippen MR) is 69.0 cm³/mol. The van der Waals surface area contributed by atoms with E-state index in [1.165, 1.54) is 14.2 Å². The Balaban J connectivity index is 2.19. The summed E-state index contributed by atoms with van der Waals surface area (Å²) in [5.41, 5.74) is 0. The lowest BCUT2D eigenvalue weighted by molar-refractivity contribution is -0.132. The molecule has 2 heterocycles. The maximum absolute atomic E-state index is 11.6. The van der Waals surface area contributed by atoms with E-state index < -0.39 is 6.10 Å². The summed E-state index contributed by atoms with van der Waals surface area (Å²) >= 11 is 0. The van der Waals surface area contributed by atoms with Gasteiger partial charge in [0.2, 0.25) is 5.95 Å². The summed E-state index contributed by atoms with van der Waals surface area (Å²) in [4.78, 5) is 25.7. The molecule has 0 radical (unpaired) electrons. The Labute approximate surface area is 116 Å². The minimum absolute atomic E-state index is 0.162. The molecule has 0 spiro atoms. The second kappa shape index (κ2) is 6.33. The van der Waals surface area contributed by atoms with Crippen molar-refractivity contribution in [3.8, 4) is 12.0 Å². The van der Waals surface area contributed by atoms with Crippen molar-refractivity contribution in [2.24, 2.45) is 0 Å². The first-order valence-electron chi connectivity index (χ1n) is 6.10. The number of methoxy groups -OCH3 is 2. The first kappa shape index (κ1) is 14.3. The van der Waals surface area contributed by atoms with Gasteiger partial charge in [-0.15, -0.1) is 4.98 Å². The van der Waals surface area contributed by atoms with Gasteiger partial charge in [-0.05, 0) is 0 Å². The molecule has 0 aliphatic carbocycles. The summed E-state index contributed by atoms with van der Waals surface area (Å²) in [5, 5.41) is 2.56. The van der Waals surface area contributed by atoms with Gasteiger partial charge in [0, 0.05) is 13.6 Å². The Kier molecular flexibility index (Phi) is 4.51. The first-order chi connectivity index (χ1) is 9.67. The lowest BCUT2D eigenvalue weighted by Gasteiger charge is -2.31. The quantitative estimate of drug-likeness (QED) is 0.739. The molecule has 0 saturated carbocycles. The molecule has 1 aliphatic heterocycles. The number of carbonyl (C=O) groups excluding carboxylic acids is 1. The van der Waals surface area contributed by atoms with Gasteiger partial charge < -0.3 is 24.4 Å².